The summed E-state index contributed by atoms with van der Waals surface area (Å²) in [5, 5.41) is 0. The molecular weight excluding hydrogens is 220 g/mol. The topological polar surface area (TPSA) is 17.1 Å². The van der Waals surface area contributed by atoms with Crippen LogP contribution in [0, 0.1) is 11.3 Å². The van der Waals surface area contributed by atoms with Crippen LogP contribution in [0.1, 0.15) is 91.4 Å². The first-order valence-corrected chi connectivity index (χ1v) is 8.14. The highest BCUT2D eigenvalue weighted by molar-refractivity contribution is 5.85. The Labute approximate surface area is 114 Å². The van der Waals surface area contributed by atoms with Crippen LogP contribution in [0.4, 0.5) is 0 Å². The van der Waals surface area contributed by atoms with Gasteiger partial charge >= 0.3 is 0 Å². The summed E-state index contributed by atoms with van der Waals surface area (Å²) >= 11 is 0. The van der Waals surface area contributed by atoms with Crippen LogP contribution in [0.15, 0.2) is 0 Å². The average molecular weight is 252 g/mol. The second kappa shape index (κ2) is 7.96. The van der Waals surface area contributed by atoms with Crippen LogP contribution in [0.2, 0.25) is 0 Å². The van der Waals surface area contributed by atoms with Gasteiger partial charge in [0.15, 0.2) is 0 Å². The van der Waals surface area contributed by atoms with Gasteiger partial charge in [-0.1, -0.05) is 59.3 Å². The molecule has 1 fully saturated rings. The standard InChI is InChI=1S/C17H32O/c1-4-5-6-7-8-11-16(18)17(14-15(2)3)12-9-10-13-17/h15H,4-14H2,1-3H3. The molecular formula is C17H32O. The third-order valence-electron chi connectivity index (χ3n) is 4.46. The molecule has 1 saturated carbocycles. The van der Waals surface area contributed by atoms with E-state index in [0.29, 0.717) is 11.7 Å². The van der Waals surface area contributed by atoms with E-state index in [2.05, 4.69) is 20.8 Å². The molecule has 0 aliphatic heterocycles. The first-order valence-electron chi connectivity index (χ1n) is 8.14. The van der Waals surface area contributed by atoms with E-state index in [1.807, 2.05) is 0 Å². The van der Waals surface area contributed by atoms with Crippen molar-refractivity contribution < 1.29 is 4.79 Å². The van der Waals surface area contributed by atoms with E-state index in [4.69, 9.17) is 0 Å². The van der Waals surface area contributed by atoms with Crippen LogP contribution in [0.25, 0.3) is 0 Å². The molecule has 0 unspecified atom stereocenters. The third kappa shape index (κ3) is 4.74. The minimum Gasteiger partial charge on any atom is -0.299 e. The maximum absolute atomic E-state index is 12.5. The molecule has 0 radical (unpaired) electrons. The van der Waals surface area contributed by atoms with Gasteiger partial charge < -0.3 is 0 Å². The molecule has 1 rings (SSSR count). The van der Waals surface area contributed by atoms with Crippen molar-refractivity contribution in [2.24, 2.45) is 11.3 Å². The zero-order chi connectivity index (χ0) is 13.4. The predicted octanol–water partition coefficient (Wildman–Crippen LogP) is 5.52. The second-order valence-electron chi connectivity index (χ2n) is 6.67. The fourth-order valence-electron chi connectivity index (χ4n) is 3.58. The van der Waals surface area contributed by atoms with Crippen LogP contribution in [-0.4, -0.2) is 5.78 Å². The summed E-state index contributed by atoms with van der Waals surface area (Å²) in [5.74, 6) is 1.25. The highest BCUT2D eigenvalue weighted by Gasteiger charge is 2.40. The molecule has 0 N–H and O–H groups in total. The Morgan fingerprint density at radius 3 is 2.22 bits per heavy atom. The molecule has 1 nitrogen and oxygen atoms in total. The number of hydrogen-bond donors (Lipinski definition) is 0. The van der Waals surface area contributed by atoms with E-state index < -0.39 is 0 Å². The van der Waals surface area contributed by atoms with E-state index >= 15 is 0 Å². The SMILES string of the molecule is CCCCCCCC(=O)C1(CC(C)C)CCCC1. The lowest BCUT2D eigenvalue weighted by Gasteiger charge is -2.29. The normalized spacial score (nSPS) is 18.4. The molecule has 0 amide bonds. The first kappa shape index (κ1) is 15.7. The molecule has 0 atom stereocenters. The van der Waals surface area contributed by atoms with Crippen LogP contribution >= 0.6 is 0 Å². The molecule has 0 aromatic rings. The lowest BCUT2D eigenvalue weighted by molar-refractivity contribution is -0.129. The highest BCUT2D eigenvalue weighted by Crippen LogP contribution is 2.44. The Kier molecular flexibility index (Phi) is 6.96. The van der Waals surface area contributed by atoms with Gasteiger partial charge in [-0.3, -0.25) is 4.79 Å². The van der Waals surface area contributed by atoms with E-state index in [1.54, 1.807) is 0 Å². The predicted molar refractivity (Wildman–Crippen MR) is 78.7 cm³/mol. The molecule has 1 aliphatic carbocycles. The molecule has 0 spiro atoms. The van der Waals surface area contributed by atoms with Gasteiger partial charge in [0.2, 0.25) is 0 Å². The van der Waals surface area contributed by atoms with E-state index in [-0.39, 0.29) is 5.41 Å². The van der Waals surface area contributed by atoms with Gasteiger partial charge in [0.1, 0.15) is 5.78 Å². The third-order valence-corrected chi connectivity index (χ3v) is 4.46. The van der Waals surface area contributed by atoms with Gasteiger partial charge in [-0.15, -0.1) is 0 Å². The van der Waals surface area contributed by atoms with Crippen molar-refractivity contribution in [1.29, 1.82) is 0 Å². The van der Waals surface area contributed by atoms with Crippen molar-refractivity contribution in [3.63, 3.8) is 0 Å². The van der Waals surface area contributed by atoms with Crippen molar-refractivity contribution >= 4 is 5.78 Å². The average Bonchev–Trinajstić information content (AvgIpc) is 2.77. The summed E-state index contributed by atoms with van der Waals surface area (Å²) < 4.78 is 0. The second-order valence-corrected chi connectivity index (χ2v) is 6.67. The molecule has 0 saturated heterocycles. The largest absolute Gasteiger partial charge is 0.299 e. The van der Waals surface area contributed by atoms with Crippen LogP contribution < -0.4 is 0 Å². The summed E-state index contributed by atoms with van der Waals surface area (Å²) in [6, 6.07) is 0. The maximum Gasteiger partial charge on any atom is 0.139 e. The number of carbonyl (C=O) groups is 1. The molecule has 0 aromatic carbocycles. The lowest BCUT2D eigenvalue weighted by atomic mass is 9.73. The monoisotopic (exact) mass is 252 g/mol. The van der Waals surface area contributed by atoms with E-state index in [0.717, 1.165) is 19.3 Å². The number of unbranched alkanes of at least 4 members (excludes halogenated alkanes) is 4. The summed E-state index contributed by atoms with van der Waals surface area (Å²) in [4.78, 5) is 12.5. The van der Waals surface area contributed by atoms with Crippen LogP contribution in [0.3, 0.4) is 0 Å². The lowest BCUT2D eigenvalue weighted by Crippen LogP contribution is -2.29. The van der Waals surface area contributed by atoms with E-state index in [9.17, 15) is 4.79 Å². The zero-order valence-corrected chi connectivity index (χ0v) is 12.8. The molecule has 0 bridgehead atoms. The van der Waals surface area contributed by atoms with Crippen molar-refractivity contribution in [1.82, 2.24) is 0 Å². The molecule has 106 valence electrons. The Hall–Kier alpha value is -0.330. The smallest absolute Gasteiger partial charge is 0.139 e. The fourth-order valence-corrected chi connectivity index (χ4v) is 3.58. The fraction of sp³-hybridized carbons (Fsp3) is 0.941. The van der Waals surface area contributed by atoms with Crippen molar-refractivity contribution in [3.8, 4) is 0 Å². The van der Waals surface area contributed by atoms with Gasteiger partial charge in [0, 0.05) is 11.8 Å². The summed E-state index contributed by atoms with van der Waals surface area (Å²) in [7, 11) is 0. The molecule has 0 aromatic heterocycles. The molecule has 0 heterocycles. The van der Waals surface area contributed by atoms with Gasteiger partial charge in [-0.2, -0.15) is 0 Å². The number of ketones is 1. The highest BCUT2D eigenvalue weighted by atomic mass is 16.1. The van der Waals surface area contributed by atoms with Crippen LogP contribution in [-0.2, 0) is 4.79 Å². The van der Waals surface area contributed by atoms with Crippen molar-refractivity contribution in [2.75, 3.05) is 0 Å². The van der Waals surface area contributed by atoms with Gasteiger partial charge in [-0.05, 0) is 31.6 Å². The quantitative estimate of drug-likeness (QED) is 0.494. The van der Waals surface area contributed by atoms with Gasteiger partial charge in [0.25, 0.3) is 0 Å². The Morgan fingerprint density at radius 1 is 1.06 bits per heavy atom. The maximum atomic E-state index is 12.5. The first-order chi connectivity index (χ1) is 8.60. The molecule has 1 aliphatic rings. The molecule has 18 heavy (non-hydrogen) atoms. The Morgan fingerprint density at radius 2 is 1.67 bits per heavy atom. The van der Waals surface area contributed by atoms with Gasteiger partial charge in [0.05, 0.1) is 0 Å². The van der Waals surface area contributed by atoms with E-state index in [1.165, 1.54) is 51.4 Å². The Balaban J connectivity index is 2.36. The summed E-state index contributed by atoms with van der Waals surface area (Å²) in [6.07, 6.45) is 13.1. The summed E-state index contributed by atoms with van der Waals surface area (Å²) in [6.45, 7) is 6.75. The minimum atomic E-state index is 0.0823. The summed E-state index contributed by atoms with van der Waals surface area (Å²) in [5.41, 5.74) is 0.0823. The number of rotatable bonds is 9. The Bertz CT molecular complexity index is 236. The number of Topliss-reactive ketones (excluding diaryl/α,β-unsaturated/α-hetero) is 1. The molecule has 1 heteroatoms. The zero-order valence-electron chi connectivity index (χ0n) is 12.8. The minimum absolute atomic E-state index is 0.0823. The van der Waals surface area contributed by atoms with Gasteiger partial charge in [-0.25, -0.2) is 0 Å². The van der Waals surface area contributed by atoms with Crippen molar-refractivity contribution in [2.45, 2.75) is 91.4 Å². The van der Waals surface area contributed by atoms with Crippen LogP contribution in [0.5, 0.6) is 0 Å². The number of carbonyl (C=O) groups excluding carboxylic acids is 1. The van der Waals surface area contributed by atoms with Crippen molar-refractivity contribution in [3.05, 3.63) is 0 Å². The number of hydrogen-bond acceptors (Lipinski definition) is 1.